The van der Waals surface area contributed by atoms with Crippen molar-refractivity contribution in [3.8, 4) is 0 Å². The van der Waals surface area contributed by atoms with E-state index >= 15 is 4.39 Å². The van der Waals surface area contributed by atoms with Gasteiger partial charge in [0, 0.05) is 27.3 Å². The van der Waals surface area contributed by atoms with E-state index in [-0.39, 0.29) is 54.0 Å². The number of hydrogen-bond acceptors (Lipinski definition) is 7. The number of ether oxygens (including phenoxy) is 2. The summed E-state index contributed by atoms with van der Waals surface area (Å²) < 4.78 is 27.1. The van der Waals surface area contributed by atoms with Gasteiger partial charge in [-0.2, -0.15) is 0 Å². The Balaban J connectivity index is 1.02. The first-order valence-corrected chi connectivity index (χ1v) is 20.9. The number of benzene rings is 3. The summed E-state index contributed by atoms with van der Waals surface area (Å²) in [6, 6.07) is 18.2. The Kier molecular flexibility index (Phi) is 10.3. The number of halogens is 1. The van der Waals surface area contributed by atoms with E-state index < -0.39 is 0 Å². The van der Waals surface area contributed by atoms with E-state index in [1.54, 1.807) is 20.3 Å². The third-order valence-corrected chi connectivity index (χ3v) is 13.0. The van der Waals surface area contributed by atoms with Crippen LogP contribution in [-0.2, 0) is 19.1 Å². The van der Waals surface area contributed by atoms with Crippen molar-refractivity contribution < 1.29 is 23.5 Å². The highest BCUT2D eigenvalue weighted by atomic mass is 19.1. The average Bonchev–Trinajstić information content (AvgIpc) is 3.75. The van der Waals surface area contributed by atoms with Crippen LogP contribution < -0.4 is 4.90 Å². The van der Waals surface area contributed by atoms with Crippen molar-refractivity contribution in [2.75, 3.05) is 32.2 Å². The lowest BCUT2D eigenvalue weighted by molar-refractivity contribution is -0.135. The first-order valence-electron chi connectivity index (χ1n) is 20.9. The van der Waals surface area contributed by atoms with Crippen molar-refractivity contribution >= 4 is 39.6 Å². The van der Waals surface area contributed by atoms with Crippen molar-refractivity contribution in [1.29, 1.82) is 0 Å². The predicted molar refractivity (Wildman–Crippen MR) is 217 cm³/mol. The molecule has 57 heavy (non-hydrogen) atoms. The molecule has 0 spiro atoms. The van der Waals surface area contributed by atoms with E-state index in [0.717, 1.165) is 102 Å². The second-order valence-corrected chi connectivity index (χ2v) is 16.8. The van der Waals surface area contributed by atoms with E-state index in [2.05, 4.69) is 57.3 Å². The Morgan fingerprint density at radius 1 is 0.684 bits per heavy atom. The van der Waals surface area contributed by atoms with Crippen LogP contribution in [0.3, 0.4) is 0 Å². The molecule has 4 fully saturated rings. The zero-order valence-electron chi connectivity index (χ0n) is 33.5. The molecule has 3 aromatic carbocycles. The highest BCUT2D eigenvalue weighted by molar-refractivity contribution is 5.80. The third kappa shape index (κ3) is 7.31. The van der Waals surface area contributed by atoms with Gasteiger partial charge >= 0.3 is 0 Å². The number of rotatable bonds is 12. The minimum atomic E-state index is -0.186. The highest BCUT2D eigenvalue weighted by Crippen LogP contribution is 2.50. The zero-order chi connectivity index (χ0) is 39.4. The van der Waals surface area contributed by atoms with Crippen LogP contribution in [0.5, 0.6) is 0 Å². The molecule has 1 saturated carbocycles. The number of anilines is 1. The number of H-pyrrole nitrogens is 2. The Hall–Kier alpha value is -4.81. The Bertz CT molecular complexity index is 2160. The summed E-state index contributed by atoms with van der Waals surface area (Å²) in [6.45, 7) is 5.26. The number of nitrogens with zero attached hydrogens (tertiary/aromatic N) is 5. The minimum absolute atomic E-state index is 0.0758. The van der Waals surface area contributed by atoms with Crippen LogP contribution in [0.15, 0.2) is 54.6 Å². The van der Waals surface area contributed by atoms with Crippen LogP contribution in [-0.4, -0.2) is 81.1 Å². The van der Waals surface area contributed by atoms with Gasteiger partial charge in [0.05, 0.1) is 77.0 Å². The average molecular weight is 776 g/mol. The summed E-state index contributed by atoms with van der Waals surface area (Å²) in [5.74, 6) is 2.06. The molecular weight excluding hydrogens is 722 g/mol. The Morgan fingerprint density at radius 2 is 1.18 bits per heavy atom. The number of aromatic nitrogens is 4. The highest BCUT2D eigenvalue weighted by Gasteiger charge is 2.39. The lowest BCUT2D eigenvalue weighted by Crippen LogP contribution is -2.33. The zero-order valence-corrected chi connectivity index (χ0v) is 33.5. The lowest BCUT2D eigenvalue weighted by atomic mass is 10.0. The molecule has 1 aliphatic carbocycles. The number of amides is 2. The van der Waals surface area contributed by atoms with Crippen molar-refractivity contribution in [1.82, 2.24) is 29.7 Å². The number of fused-ring (bicyclic) bond motifs is 2. The smallest absolute Gasteiger partial charge is 0.225 e. The molecule has 4 aliphatic rings. The minimum Gasteiger partial charge on any atom is -0.381 e. The number of likely N-dealkylation sites (tertiary alicyclic amines) is 2. The van der Waals surface area contributed by atoms with E-state index in [9.17, 15) is 9.59 Å². The molecule has 2 amide bonds. The van der Waals surface area contributed by atoms with E-state index in [0.29, 0.717) is 37.5 Å². The molecule has 3 saturated heterocycles. The molecule has 300 valence electrons. The molecule has 6 atom stereocenters. The van der Waals surface area contributed by atoms with E-state index in [4.69, 9.17) is 19.4 Å². The van der Waals surface area contributed by atoms with Crippen molar-refractivity contribution in [2.45, 2.75) is 120 Å². The van der Waals surface area contributed by atoms with Crippen LogP contribution in [0.2, 0.25) is 0 Å². The molecule has 2 N–H and O–H groups in total. The predicted octanol–water partition coefficient (Wildman–Crippen LogP) is 8.72. The second kappa shape index (κ2) is 15.5. The van der Waals surface area contributed by atoms with Crippen LogP contribution >= 0.6 is 0 Å². The monoisotopic (exact) mass is 775 g/mol. The van der Waals surface area contributed by atoms with Gasteiger partial charge < -0.3 is 34.1 Å². The molecule has 11 nitrogen and oxygen atoms in total. The fourth-order valence-electron chi connectivity index (χ4n) is 9.62. The third-order valence-electron chi connectivity index (χ3n) is 13.0. The molecular formula is C45H54FN7O4. The van der Waals surface area contributed by atoms with Crippen LogP contribution in [0.4, 0.5) is 10.1 Å². The van der Waals surface area contributed by atoms with Crippen LogP contribution in [0, 0.1) is 5.82 Å². The normalized spacial score (nSPS) is 23.6. The molecule has 3 aliphatic heterocycles. The van der Waals surface area contributed by atoms with Gasteiger partial charge in [-0.15, -0.1) is 0 Å². The number of methoxy groups -OCH3 is 2. The lowest BCUT2D eigenvalue weighted by Gasteiger charge is -2.33. The van der Waals surface area contributed by atoms with Crippen molar-refractivity contribution in [3.05, 3.63) is 88.8 Å². The molecule has 5 heterocycles. The largest absolute Gasteiger partial charge is 0.381 e. The van der Waals surface area contributed by atoms with Crippen molar-refractivity contribution in [2.24, 2.45) is 0 Å². The van der Waals surface area contributed by atoms with Gasteiger partial charge in [-0.05, 0) is 124 Å². The topological polar surface area (TPSA) is 120 Å². The summed E-state index contributed by atoms with van der Waals surface area (Å²) in [4.78, 5) is 49.7. The second-order valence-electron chi connectivity index (χ2n) is 16.8. The van der Waals surface area contributed by atoms with Gasteiger partial charge in [0.2, 0.25) is 11.8 Å². The number of carbonyl (C=O) groups excluding carboxylic acids is 2. The molecule has 0 radical (unpaired) electrons. The van der Waals surface area contributed by atoms with Gasteiger partial charge in [0.1, 0.15) is 17.5 Å². The number of nitrogens with one attached hydrogen (secondary N) is 2. The SMILES string of the molecule is CO[C@H](C)CC(=O)N1CCC[C@H]1c1nc2ccc([C@@H]3CC[C@@H](c4ccc5nc([C@@H]6CCCN6C(=O)C[C@@H](C)OC)[nH]c5c4)N3c3ccc(C4CC4)cc3F)cc2[nH]1. The van der Waals surface area contributed by atoms with Gasteiger partial charge in [0.25, 0.3) is 0 Å². The molecule has 9 rings (SSSR count). The molecule has 0 bridgehead atoms. The summed E-state index contributed by atoms with van der Waals surface area (Å²) in [5.41, 5.74) is 7.43. The molecule has 2 aromatic heterocycles. The number of hydrogen-bond donors (Lipinski definition) is 2. The maximum Gasteiger partial charge on any atom is 0.225 e. The Labute approximate surface area is 333 Å². The van der Waals surface area contributed by atoms with Gasteiger partial charge in [-0.3, -0.25) is 9.59 Å². The van der Waals surface area contributed by atoms with Crippen LogP contribution in [0.1, 0.15) is 136 Å². The summed E-state index contributed by atoms with van der Waals surface area (Å²) in [5, 5.41) is 0. The summed E-state index contributed by atoms with van der Waals surface area (Å²) >= 11 is 0. The fraction of sp³-hybridized carbons (Fsp3) is 0.511. The molecule has 5 aromatic rings. The summed E-state index contributed by atoms with van der Waals surface area (Å²) in [6.07, 6.45) is 7.91. The number of aromatic amines is 2. The fourth-order valence-corrected chi connectivity index (χ4v) is 9.62. The number of carbonyl (C=O) groups is 2. The van der Waals surface area contributed by atoms with Gasteiger partial charge in [-0.1, -0.05) is 18.2 Å². The quantitative estimate of drug-likeness (QED) is 0.130. The maximum absolute atomic E-state index is 16.4. The van der Waals surface area contributed by atoms with Gasteiger partial charge in [-0.25, -0.2) is 14.4 Å². The first kappa shape index (κ1) is 37.7. The molecule has 0 unspecified atom stereocenters. The molecule has 12 heteroatoms. The van der Waals surface area contributed by atoms with Crippen LogP contribution in [0.25, 0.3) is 22.1 Å². The first-order chi connectivity index (χ1) is 27.7. The van der Waals surface area contributed by atoms with E-state index in [1.807, 2.05) is 29.7 Å². The maximum atomic E-state index is 16.4. The standard InChI is InChI=1S/C45H54FN7O4/c1-26(56-3)21-42(54)51-19-5-7-40(51)44-47-33-14-11-30(24-35(33)49-44)37-17-18-38(53(37)39-16-13-29(23-32(39)46)28-9-10-28)31-12-15-34-36(25-31)50-45(48-34)41-8-6-20-52(41)43(55)22-27(2)57-4/h11-16,23-28,37-38,40-41H,5-10,17-22H2,1-4H3,(H,47,49)(H,48,50)/t26-,27-,37+,38+,40+,41+/m1/s1. The van der Waals surface area contributed by atoms with Gasteiger partial charge in [0.15, 0.2) is 0 Å². The number of imidazole rings is 2. The van der Waals surface area contributed by atoms with E-state index in [1.165, 1.54) is 0 Å². The Morgan fingerprint density at radius 3 is 1.63 bits per heavy atom. The van der Waals surface area contributed by atoms with Crippen molar-refractivity contribution in [3.63, 3.8) is 0 Å². The summed E-state index contributed by atoms with van der Waals surface area (Å²) in [7, 11) is 3.27.